The maximum absolute atomic E-state index is 12.4. The van der Waals surface area contributed by atoms with Gasteiger partial charge in [-0.1, -0.05) is 43.2 Å². The number of benzene rings is 1. The van der Waals surface area contributed by atoms with Crippen LogP contribution in [0.2, 0.25) is 0 Å². The zero-order chi connectivity index (χ0) is 19.2. The predicted octanol–water partition coefficient (Wildman–Crippen LogP) is 0.984. The summed E-state index contributed by atoms with van der Waals surface area (Å²) in [5.41, 5.74) is 0.977. The van der Waals surface area contributed by atoms with Gasteiger partial charge in [0.2, 0.25) is 23.6 Å². The van der Waals surface area contributed by atoms with E-state index < -0.39 is 0 Å². The van der Waals surface area contributed by atoms with Crippen molar-refractivity contribution in [1.29, 1.82) is 0 Å². The molecule has 2 N–H and O–H groups in total. The Bertz CT molecular complexity index is 695. The van der Waals surface area contributed by atoms with Gasteiger partial charge in [0.05, 0.1) is 18.4 Å². The minimum Gasteiger partial charge on any atom is -0.350 e. The van der Waals surface area contributed by atoms with Crippen molar-refractivity contribution >= 4 is 23.6 Å². The average Bonchev–Trinajstić information content (AvgIpc) is 2.94. The highest BCUT2D eigenvalue weighted by molar-refractivity contribution is 6.05. The Labute approximate surface area is 158 Å². The molecule has 144 valence electrons. The highest BCUT2D eigenvalue weighted by Gasteiger charge is 2.47. The van der Waals surface area contributed by atoms with Gasteiger partial charge in [0.15, 0.2) is 0 Å². The highest BCUT2D eigenvalue weighted by atomic mass is 16.2. The number of nitrogens with one attached hydrogen (secondary N) is 2. The molecule has 7 nitrogen and oxygen atoms in total. The number of amides is 4. The van der Waals surface area contributed by atoms with Gasteiger partial charge in [-0.25, -0.2) is 0 Å². The fraction of sp³-hybridized carbons (Fsp3) is 0.500. The molecule has 27 heavy (non-hydrogen) atoms. The van der Waals surface area contributed by atoms with Gasteiger partial charge in [-0.05, 0) is 18.4 Å². The summed E-state index contributed by atoms with van der Waals surface area (Å²) in [6.07, 6.45) is 3.50. The van der Waals surface area contributed by atoms with Crippen molar-refractivity contribution in [2.24, 2.45) is 11.8 Å². The molecule has 1 aliphatic carbocycles. The van der Waals surface area contributed by atoms with Crippen LogP contribution in [0.15, 0.2) is 30.3 Å². The van der Waals surface area contributed by atoms with Crippen molar-refractivity contribution < 1.29 is 19.2 Å². The Balaban J connectivity index is 1.37. The lowest BCUT2D eigenvalue weighted by Gasteiger charge is -2.19. The van der Waals surface area contributed by atoms with Gasteiger partial charge in [0, 0.05) is 19.5 Å². The molecule has 2 fully saturated rings. The SMILES string of the molecule is O=C(CCN1C(=O)C2CCCCC2C1=O)NCC(=O)NCc1ccccc1. The molecule has 1 heterocycles. The monoisotopic (exact) mass is 371 g/mol. The third-order valence-corrected chi connectivity index (χ3v) is 5.27. The van der Waals surface area contributed by atoms with E-state index in [0.717, 1.165) is 31.2 Å². The van der Waals surface area contributed by atoms with Gasteiger partial charge in [-0.2, -0.15) is 0 Å². The normalized spacial score (nSPS) is 21.7. The molecule has 1 aromatic carbocycles. The molecule has 2 aliphatic rings. The summed E-state index contributed by atoms with van der Waals surface area (Å²) in [5.74, 6) is -1.31. The zero-order valence-corrected chi connectivity index (χ0v) is 15.3. The summed E-state index contributed by atoms with van der Waals surface area (Å²) < 4.78 is 0. The van der Waals surface area contributed by atoms with Crippen LogP contribution in [0.5, 0.6) is 0 Å². The second kappa shape index (κ2) is 8.79. The van der Waals surface area contributed by atoms with Gasteiger partial charge in [0.1, 0.15) is 0 Å². The summed E-state index contributed by atoms with van der Waals surface area (Å²) >= 11 is 0. The van der Waals surface area contributed by atoms with Crippen LogP contribution in [0.3, 0.4) is 0 Å². The number of imide groups is 1. The lowest BCUT2D eigenvalue weighted by atomic mass is 9.81. The Kier molecular flexibility index (Phi) is 6.21. The van der Waals surface area contributed by atoms with E-state index in [1.807, 2.05) is 30.3 Å². The van der Waals surface area contributed by atoms with Gasteiger partial charge < -0.3 is 10.6 Å². The van der Waals surface area contributed by atoms with Crippen molar-refractivity contribution in [3.05, 3.63) is 35.9 Å². The van der Waals surface area contributed by atoms with E-state index in [2.05, 4.69) is 10.6 Å². The Morgan fingerprint density at radius 2 is 1.56 bits per heavy atom. The van der Waals surface area contributed by atoms with E-state index >= 15 is 0 Å². The summed E-state index contributed by atoms with van der Waals surface area (Å²) in [5, 5.41) is 5.26. The van der Waals surface area contributed by atoms with Gasteiger partial charge in [-0.3, -0.25) is 24.1 Å². The zero-order valence-electron chi connectivity index (χ0n) is 15.3. The van der Waals surface area contributed by atoms with Crippen molar-refractivity contribution in [2.45, 2.75) is 38.6 Å². The molecule has 2 atom stereocenters. The van der Waals surface area contributed by atoms with E-state index in [1.165, 1.54) is 4.90 Å². The van der Waals surface area contributed by atoms with Crippen molar-refractivity contribution in [1.82, 2.24) is 15.5 Å². The average molecular weight is 371 g/mol. The van der Waals surface area contributed by atoms with Crippen LogP contribution in [0, 0.1) is 11.8 Å². The Morgan fingerprint density at radius 1 is 0.926 bits per heavy atom. The van der Waals surface area contributed by atoms with Crippen molar-refractivity contribution in [3.8, 4) is 0 Å². The third kappa shape index (κ3) is 4.72. The van der Waals surface area contributed by atoms with Crippen molar-refractivity contribution in [2.75, 3.05) is 13.1 Å². The summed E-state index contributed by atoms with van der Waals surface area (Å²) in [6, 6.07) is 9.48. The number of nitrogens with zero attached hydrogens (tertiary/aromatic N) is 1. The lowest BCUT2D eigenvalue weighted by molar-refractivity contribution is -0.140. The molecule has 0 spiro atoms. The maximum atomic E-state index is 12.4. The Hall–Kier alpha value is -2.70. The van der Waals surface area contributed by atoms with Crippen LogP contribution in [0.25, 0.3) is 0 Å². The standard InChI is InChI=1S/C20H25N3O4/c24-17(22-13-18(25)21-12-14-6-2-1-3-7-14)10-11-23-19(26)15-8-4-5-9-16(15)20(23)27/h1-3,6-7,15-16H,4-5,8-13H2,(H,21,25)(H,22,24). The highest BCUT2D eigenvalue weighted by Crippen LogP contribution is 2.37. The molecule has 4 amide bonds. The number of fused-ring (bicyclic) bond motifs is 1. The Morgan fingerprint density at radius 3 is 2.19 bits per heavy atom. The number of hydrogen-bond donors (Lipinski definition) is 2. The van der Waals surface area contributed by atoms with Crippen LogP contribution in [-0.4, -0.2) is 41.6 Å². The molecule has 2 unspecified atom stereocenters. The predicted molar refractivity (Wildman–Crippen MR) is 98.1 cm³/mol. The number of likely N-dealkylation sites (tertiary alicyclic amines) is 1. The number of carbonyl (C=O) groups excluding carboxylic acids is 4. The molecule has 1 aliphatic heterocycles. The number of carbonyl (C=O) groups is 4. The molecule has 3 rings (SSSR count). The van der Waals surface area contributed by atoms with Crippen molar-refractivity contribution in [3.63, 3.8) is 0 Å². The van der Waals surface area contributed by atoms with E-state index in [-0.39, 0.29) is 55.0 Å². The molecule has 1 saturated carbocycles. The fourth-order valence-corrected chi connectivity index (χ4v) is 3.79. The molecule has 0 radical (unpaired) electrons. The summed E-state index contributed by atoms with van der Waals surface area (Å²) in [6.45, 7) is 0.357. The van der Waals surface area contributed by atoms with Crippen LogP contribution >= 0.6 is 0 Å². The van der Waals surface area contributed by atoms with E-state index in [4.69, 9.17) is 0 Å². The quantitative estimate of drug-likeness (QED) is 0.699. The third-order valence-electron chi connectivity index (χ3n) is 5.27. The molecule has 7 heteroatoms. The number of rotatable bonds is 7. The van der Waals surface area contributed by atoms with Crippen LogP contribution in [-0.2, 0) is 25.7 Å². The van der Waals surface area contributed by atoms with E-state index in [0.29, 0.717) is 6.54 Å². The van der Waals surface area contributed by atoms with Gasteiger partial charge in [0.25, 0.3) is 0 Å². The smallest absolute Gasteiger partial charge is 0.239 e. The first-order valence-electron chi connectivity index (χ1n) is 9.49. The second-order valence-electron chi connectivity index (χ2n) is 7.11. The molecular weight excluding hydrogens is 346 g/mol. The van der Waals surface area contributed by atoms with Crippen LogP contribution < -0.4 is 10.6 Å². The summed E-state index contributed by atoms with van der Waals surface area (Å²) in [7, 11) is 0. The minimum atomic E-state index is -0.347. The van der Waals surface area contributed by atoms with Gasteiger partial charge >= 0.3 is 0 Å². The summed E-state index contributed by atoms with van der Waals surface area (Å²) in [4.78, 5) is 49.7. The fourth-order valence-electron chi connectivity index (χ4n) is 3.79. The molecular formula is C20H25N3O4. The molecule has 1 saturated heterocycles. The van der Waals surface area contributed by atoms with E-state index in [9.17, 15) is 19.2 Å². The minimum absolute atomic E-state index is 0.0168. The topological polar surface area (TPSA) is 95.6 Å². The first kappa shape index (κ1) is 19.1. The van der Waals surface area contributed by atoms with Crippen LogP contribution in [0.1, 0.15) is 37.7 Å². The van der Waals surface area contributed by atoms with Crippen LogP contribution in [0.4, 0.5) is 0 Å². The maximum Gasteiger partial charge on any atom is 0.239 e. The number of hydrogen-bond acceptors (Lipinski definition) is 4. The second-order valence-corrected chi connectivity index (χ2v) is 7.11. The molecule has 0 bridgehead atoms. The van der Waals surface area contributed by atoms with E-state index in [1.54, 1.807) is 0 Å². The first-order chi connectivity index (χ1) is 13.1. The largest absolute Gasteiger partial charge is 0.350 e. The lowest BCUT2D eigenvalue weighted by Crippen LogP contribution is -2.39. The molecule has 0 aromatic heterocycles. The first-order valence-corrected chi connectivity index (χ1v) is 9.49. The molecule has 1 aromatic rings. The van der Waals surface area contributed by atoms with Gasteiger partial charge in [-0.15, -0.1) is 0 Å².